The van der Waals surface area contributed by atoms with Crippen molar-refractivity contribution in [2.75, 3.05) is 12.3 Å². The zero-order valence-electron chi connectivity index (χ0n) is 12.9. The number of thioether (sulfide) groups is 1. The topological polar surface area (TPSA) is 25.2 Å². The van der Waals surface area contributed by atoms with Crippen molar-refractivity contribution in [3.8, 4) is 0 Å². The van der Waals surface area contributed by atoms with Crippen LogP contribution in [0.25, 0.3) is 11.0 Å². The standard InChI is InChI=1S/C18H25NOS/c1-2-3-9-18-16(13-19-12-14-7-6-11-21-14)15-8-4-5-10-17(15)20-18/h4-5,8,10,14,19H,2-3,6-7,9,11-13H2,1H3. The van der Waals surface area contributed by atoms with Crippen molar-refractivity contribution in [3.63, 3.8) is 0 Å². The lowest BCUT2D eigenvalue weighted by Gasteiger charge is -2.10. The van der Waals surface area contributed by atoms with Gasteiger partial charge in [-0.15, -0.1) is 0 Å². The molecular formula is C18H25NOS. The Labute approximate surface area is 131 Å². The molecule has 1 aliphatic heterocycles. The first-order chi connectivity index (χ1) is 10.4. The lowest BCUT2D eigenvalue weighted by Crippen LogP contribution is -2.23. The largest absolute Gasteiger partial charge is 0.461 e. The molecule has 0 bridgehead atoms. The maximum Gasteiger partial charge on any atom is 0.134 e. The predicted octanol–water partition coefficient (Wildman–Crippen LogP) is 4.76. The van der Waals surface area contributed by atoms with Crippen molar-refractivity contribution in [2.45, 2.75) is 50.8 Å². The Morgan fingerprint density at radius 2 is 2.24 bits per heavy atom. The summed E-state index contributed by atoms with van der Waals surface area (Å²) in [5.41, 5.74) is 2.41. The van der Waals surface area contributed by atoms with Crippen molar-refractivity contribution >= 4 is 22.7 Å². The SMILES string of the molecule is CCCCc1oc2ccccc2c1CNCC1CCCS1. The Balaban J connectivity index is 1.71. The van der Waals surface area contributed by atoms with E-state index in [9.17, 15) is 0 Å². The molecule has 0 amide bonds. The highest BCUT2D eigenvalue weighted by atomic mass is 32.2. The van der Waals surface area contributed by atoms with Crippen molar-refractivity contribution in [1.82, 2.24) is 5.32 Å². The molecule has 1 fully saturated rings. The second-order valence-electron chi connectivity index (χ2n) is 5.87. The average Bonchev–Trinajstić information content (AvgIpc) is 3.13. The molecule has 2 nitrogen and oxygen atoms in total. The molecule has 0 saturated carbocycles. The molecule has 1 unspecified atom stereocenters. The highest BCUT2D eigenvalue weighted by molar-refractivity contribution is 8.00. The Kier molecular flexibility index (Phi) is 5.26. The van der Waals surface area contributed by atoms with Crippen LogP contribution >= 0.6 is 11.8 Å². The van der Waals surface area contributed by atoms with Gasteiger partial charge in [-0.1, -0.05) is 31.5 Å². The van der Waals surface area contributed by atoms with Gasteiger partial charge in [0.05, 0.1) is 0 Å². The van der Waals surface area contributed by atoms with Crippen molar-refractivity contribution in [1.29, 1.82) is 0 Å². The number of rotatable bonds is 7. The van der Waals surface area contributed by atoms with Crippen LogP contribution in [-0.2, 0) is 13.0 Å². The van der Waals surface area contributed by atoms with Crippen LogP contribution in [0.2, 0.25) is 0 Å². The number of hydrogen-bond donors (Lipinski definition) is 1. The van der Waals surface area contributed by atoms with Gasteiger partial charge in [0.25, 0.3) is 0 Å². The second kappa shape index (κ2) is 7.37. The Morgan fingerprint density at radius 1 is 1.33 bits per heavy atom. The van der Waals surface area contributed by atoms with E-state index in [2.05, 4.69) is 48.3 Å². The molecule has 2 aromatic rings. The number of fused-ring (bicyclic) bond motifs is 1. The summed E-state index contributed by atoms with van der Waals surface area (Å²) in [5.74, 6) is 2.52. The van der Waals surface area contributed by atoms with Crippen LogP contribution in [-0.4, -0.2) is 17.5 Å². The first kappa shape index (κ1) is 15.0. The molecule has 3 heteroatoms. The molecule has 1 aromatic heterocycles. The fraction of sp³-hybridized carbons (Fsp3) is 0.556. The van der Waals surface area contributed by atoms with Gasteiger partial charge in [-0.05, 0) is 31.1 Å². The van der Waals surface area contributed by atoms with E-state index in [-0.39, 0.29) is 0 Å². The van der Waals surface area contributed by atoms with Gasteiger partial charge < -0.3 is 9.73 Å². The summed E-state index contributed by atoms with van der Waals surface area (Å²) in [7, 11) is 0. The minimum Gasteiger partial charge on any atom is -0.461 e. The van der Waals surface area contributed by atoms with Crippen LogP contribution in [0.5, 0.6) is 0 Å². The third kappa shape index (κ3) is 3.64. The second-order valence-corrected chi connectivity index (χ2v) is 7.28. The molecule has 1 aliphatic rings. The van der Waals surface area contributed by atoms with E-state index in [1.807, 2.05) is 0 Å². The van der Waals surface area contributed by atoms with E-state index < -0.39 is 0 Å². The number of benzene rings is 1. The molecule has 0 radical (unpaired) electrons. The van der Waals surface area contributed by atoms with Crippen LogP contribution < -0.4 is 5.32 Å². The first-order valence-electron chi connectivity index (χ1n) is 8.20. The van der Waals surface area contributed by atoms with Gasteiger partial charge >= 0.3 is 0 Å². The van der Waals surface area contributed by atoms with Gasteiger partial charge in [0.2, 0.25) is 0 Å². The maximum atomic E-state index is 6.08. The van der Waals surface area contributed by atoms with E-state index in [0.29, 0.717) is 0 Å². The van der Waals surface area contributed by atoms with Crippen LogP contribution in [0.4, 0.5) is 0 Å². The summed E-state index contributed by atoms with van der Waals surface area (Å²) in [6.45, 7) is 4.29. The highest BCUT2D eigenvalue weighted by Gasteiger charge is 2.17. The number of unbranched alkanes of at least 4 members (excludes halogenated alkanes) is 1. The number of furan rings is 1. The van der Waals surface area contributed by atoms with Gasteiger partial charge in [-0.3, -0.25) is 0 Å². The quantitative estimate of drug-likeness (QED) is 0.798. The molecule has 1 N–H and O–H groups in total. The van der Waals surface area contributed by atoms with Gasteiger partial charge in [0.15, 0.2) is 0 Å². The van der Waals surface area contributed by atoms with Gasteiger partial charge in [0.1, 0.15) is 11.3 Å². The molecule has 0 aliphatic carbocycles. The van der Waals surface area contributed by atoms with Crippen molar-refractivity contribution in [2.24, 2.45) is 0 Å². The van der Waals surface area contributed by atoms with Crippen LogP contribution in [0.15, 0.2) is 28.7 Å². The smallest absolute Gasteiger partial charge is 0.134 e. The number of hydrogen-bond acceptors (Lipinski definition) is 3. The molecule has 21 heavy (non-hydrogen) atoms. The molecule has 1 atom stereocenters. The number of para-hydroxylation sites is 1. The Bertz CT molecular complexity index is 572. The minimum atomic E-state index is 0.808. The summed E-state index contributed by atoms with van der Waals surface area (Å²) in [6, 6.07) is 8.44. The summed E-state index contributed by atoms with van der Waals surface area (Å²) in [5, 5.41) is 5.75. The zero-order valence-corrected chi connectivity index (χ0v) is 13.7. The maximum absolute atomic E-state index is 6.08. The van der Waals surface area contributed by atoms with E-state index in [0.717, 1.165) is 30.3 Å². The summed E-state index contributed by atoms with van der Waals surface area (Å²) < 4.78 is 6.08. The predicted molar refractivity (Wildman–Crippen MR) is 92.0 cm³/mol. The van der Waals surface area contributed by atoms with Crippen molar-refractivity contribution < 1.29 is 4.42 Å². The lowest BCUT2D eigenvalue weighted by molar-refractivity contribution is 0.524. The van der Waals surface area contributed by atoms with E-state index in [1.165, 1.54) is 48.1 Å². The minimum absolute atomic E-state index is 0.808. The Hall–Kier alpha value is -0.930. The molecule has 3 rings (SSSR count). The molecule has 2 heterocycles. The molecule has 1 saturated heterocycles. The van der Waals surface area contributed by atoms with Gasteiger partial charge in [-0.25, -0.2) is 0 Å². The van der Waals surface area contributed by atoms with E-state index in [1.54, 1.807) is 0 Å². The lowest BCUT2D eigenvalue weighted by atomic mass is 10.1. The van der Waals surface area contributed by atoms with E-state index in [4.69, 9.17) is 4.42 Å². The number of nitrogens with one attached hydrogen (secondary N) is 1. The summed E-state index contributed by atoms with van der Waals surface area (Å²) in [6.07, 6.45) is 6.22. The fourth-order valence-electron chi connectivity index (χ4n) is 3.05. The molecule has 0 spiro atoms. The zero-order chi connectivity index (χ0) is 14.5. The first-order valence-corrected chi connectivity index (χ1v) is 9.25. The fourth-order valence-corrected chi connectivity index (χ4v) is 4.28. The monoisotopic (exact) mass is 303 g/mol. The van der Waals surface area contributed by atoms with Crippen LogP contribution in [0, 0.1) is 0 Å². The number of aryl methyl sites for hydroxylation is 1. The normalized spacial score (nSPS) is 18.6. The van der Waals surface area contributed by atoms with Gasteiger partial charge in [-0.2, -0.15) is 11.8 Å². The third-order valence-electron chi connectivity index (χ3n) is 4.24. The highest BCUT2D eigenvalue weighted by Crippen LogP contribution is 2.28. The molecule has 1 aromatic carbocycles. The van der Waals surface area contributed by atoms with Crippen molar-refractivity contribution in [3.05, 3.63) is 35.6 Å². The van der Waals surface area contributed by atoms with Gasteiger partial charge in [0, 0.05) is 35.7 Å². The molecular weight excluding hydrogens is 278 g/mol. The summed E-state index contributed by atoms with van der Waals surface area (Å²) >= 11 is 2.12. The van der Waals surface area contributed by atoms with E-state index >= 15 is 0 Å². The molecule has 114 valence electrons. The Morgan fingerprint density at radius 3 is 3.05 bits per heavy atom. The van der Waals surface area contributed by atoms with Crippen LogP contribution in [0.1, 0.15) is 43.9 Å². The average molecular weight is 303 g/mol. The van der Waals surface area contributed by atoms with Crippen LogP contribution in [0.3, 0.4) is 0 Å². The third-order valence-corrected chi connectivity index (χ3v) is 5.64. The summed E-state index contributed by atoms with van der Waals surface area (Å²) in [4.78, 5) is 0.